The zero-order valence-corrected chi connectivity index (χ0v) is 37.3. The summed E-state index contributed by atoms with van der Waals surface area (Å²) in [5.41, 5.74) is 19.3. The second kappa shape index (κ2) is 17.8. The maximum absolute atomic E-state index is 6.56. The number of para-hydroxylation sites is 1. The molecule has 68 heavy (non-hydrogen) atoms. The van der Waals surface area contributed by atoms with Crippen molar-refractivity contribution in [1.29, 1.82) is 0 Å². The molecule has 0 saturated heterocycles. The smallest absolute Gasteiger partial charge is 0.143 e. The highest BCUT2D eigenvalue weighted by molar-refractivity contribution is 6.02. The number of fused-ring (bicyclic) bond motifs is 2. The van der Waals surface area contributed by atoms with Crippen molar-refractivity contribution >= 4 is 38.8 Å². The lowest BCUT2D eigenvalue weighted by molar-refractivity contribution is 0.632. The van der Waals surface area contributed by atoms with Crippen molar-refractivity contribution in [3.63, 3.8) is 0 Å². The first kappa shape index (κ1) is 40.5. The lowest BCUT2D eigenvalue weighted by Gasteiger charge is -2.26. The van der Waals surface area contributed by atoms with Gasteiger partial charge in [0.1, 0.15) is 11.3 Å². The highest BCUT2D eigenvalue weighted by Gasteiger charge is 2.19. The quantitative estimate of drug-likeness (QED) is 0.136. The molecule has 0 unspecified atom stereocenters. The highest BCUT2D eigenvalue weighted by atomic mass is 16.3. The molecule has 0 aliphatic rings. The van der Waals surface area contributed by atoms with E-state index in [1.165, 1.54) is 44.2 Å². The van der Waals surface area contributed by atoms with Crippen LogP contribution in [-0.2, 0) is 0 Å². The monoisotopic (exact) mass is 867 g/mol. The molecule has 0 radical (unpaired) electrons. The van der Waals surface area contributed by atoms with Crippen LogP contribution in [0.1, 0.15) is 0 Å². The molecule has 0 bridgehead atoms. The SMILES string of the molecule is c1ccc(-c2ccc(N(c3ccc(-c4ccc(-c5cccc(-c6oc7ccccc7c6-c6ccccc6)c5)cc4)cc3)c3ccc(-c4ccc(-c5cccc6ccccc56)cc4)cc3)cc2)cc1. The van der Waals surface area contributed by atoms with Gasteiger partial charge in [-0.2, -0.15) is 0 Å². The van der Waals surface area contributed by atoms with Crippen molar-refractivity contribution in [3.8, 4) is 78.1 Å². The maximum Gasteiger partial charge on any atom is 0.143 e. The Morgan fingerprint density at radius 2 is 0.632 bits per heavy atom. The van der Waals surface area contributed by atoms with E-state index < -0.39 is 0 Å². The van der Waals surface area contributed by atoms with Crippen molar-refractivity contribution in [2.45, 2.75) is 0 Å². The fourth-order valence-corrected chi connectivity index (χ4v) is 9.64. The number of rotatable bonds is 10. The summed E-state index contributed by atoms with van der Waals surface area (Å²) in [5, 5.41) is 3.64. The molecular weight excluding hydrogens is 823 g/mol. The van der Waals surface area contributed by atoms with E-state index in [-0.39, 0.29) is 0 Å². The van der Waals surface area contributed by atoms with Crippen LogP contribution in [-0.4, -0.2) is 0 Å². The van der Waals surface area contributed by atoms with Gasteiger partial charge in [-0.25, -0.2) is 0 Å². The number of hydrogen-bond donors (Lipinski definition) is 0. The van der Waals surface area contributed by atoms with E-state index in [1.54, 1.807) is 0 Å². The minimum atomic E-state index is 0.885. The molecule has 0 amide bonds. The highest BCUT2D eigenvalue weighted by Crippen LogP contribution is 2.43. The molecule has 0 saturated carbocycles. The van der Waals surface area contributed by atoms with E-state index in [0.717, 1.165) is 72.7 Å². The molecule has 0 spiro atoms. The van der Waals surface area contributed by atoms with E-state index in [2.05, 4.69) is 266 Å². The average Bonchev–Trinajstić information content (AvgIpc) is 3.82. The summed E-state index contributed by atoms with van der Waals surface area (Å²) in [5.74, 6) is 0.885. The van der Waals surface area contributed by atoms with Crippen LogP contribution in [0, 0.1) is 0 Å². The van der Waals surface area contributed by atoms with Gasteiger partial charge in [0.2, 0.25) is 0 Å². The van der Waals surface area contributed by atoms with Crippen LogP contribution in [0.3, 0.4) is 0 Å². The Bertz CT molecular complexity index is 3660. The summed E-state index contributed by atoms with van der Waals surface area (Å²) in [6.07, 6.45) is 0. The van der Waals surface area contributed by atoms with Crippen LogP contribution in [0.5, 0.6) is 0 Å². The van der Waals surface area contributed by atoms with Gasteiger partial charge < -0.3 is 9.32 Å². The van der Waals surface area contributed by atoms with E-state index >= 15 is 0 Å². The van der Waals surface area contributed by atoms with E-state index in [4.69, 9.17) is 4.42 Å². The maximum atomic E-state index is 6.56. The van der Waals surface area contributed by atoms with Crippen LogP contribution in [0.15, 0.2) is 277 Å². The lowest BCUT2D eigenvalue weighted by Crippen LogP contribution is -2.09. The lowest BCUT2D eigenvalue weighted by atomic mass is 9.95. The molecule has 2 heteroatoms. The van der Waals surface area contributed by atoms with Crippen LogP contribution in [0.2, 0.25) is 0 Å². The average molecular weight is 868 g/mol. The molecule has 320 valence electrons. The third-order valence-corrected chi connectivity index (χ3v) is 13.1. The minimum absolute atomic E-state index is 0.885. The van der Waals surface area contributed by atoms with Gasteiger partial charge in [-0.15, -0.1) is 0 Å². The molecule has 0 aliphatic carbocycles. The first-order valence-electron chi connectivity index (χ1n) is 23.2. The van der Waals surface area contributed by atoms with Gasteiger partial charge in [0.05, 0.1) is 0 Å². The standard InChI is InChI=1S/C66H45NO/c1-3-13-46(14-4-1)49-33-39-58(40-34-49)67(60-43-37-51(38-44-60)48-29-31-54(32-30-48)62-23-12-18-53-15-7-8-21-61(53)62)59-41-35-50(36-42-59)47-25-27-52(28-26-47)56-19-11-20-57(45-56)66-65(55-16-5-2-6-17-55)63-22-9-10-24-64(63)68-66/h1-45H. The summed E-state index contributed by atoms with van der Waals surface area (Å²) >= 11 is 0. The van der Waals surface area contributed by atoms with Gasteiger partial charge in [-0.3, -0.25) is 0 Å². The number of anilines is 3. The summed E-state index contributed by atoms with van der Waals surface area (Å²) < 4.78 is 6.56. The first-order valence-corrected chi connectivity index (χ1v) is 23.2. The Hall–Kier alpha value is -8.98. The minimum Gasteiger partial charge on any atom is -0.455 e. The van der Waals surface area contributed by atoms with Gasteiger partial charge in [0.25, 0.3) is 0 Å². The Labute approximate surface area is 397 Å². The van der Waals surface area contributed by atoms with Crippen LogP contribution in [0.4, 0.5) is 17.1 Å². The second-order valence-corrected chi connectivity index (χ2v) is 17.3. The molecule has 12 aromatic rings. The Kier molecular flexibility index (Phi) is 10.6. The summed E-state index contributed by atoms with van der Waals surface area (Å²) in [6, 6.07) is 97.8. The topological polar surface area (TPSA) is 16.4 Å². The largest absolute Gasteiger partial charge is 0.455 e. The predicted octanol–water partition coefficient (Wildman–Crippen LogP) is 18.7. The van der Waals surface area contributed by atoms with Crippen LogP contribution < -0.4 is 4.90 Å². The van der Waals surface area contributed by atoms with Crippen LogP contribution in [0.25, 0.3) is 99.8 Å². The summed E-state index contributed by atoms with van der Waals surface area (Å²) in [7, 11) is 0. The third kappa shape index (κ3) is 7.85. The number of hydrogen-bond acceptors (Lipinski definition) is 2. The molecule has 2 nitrogen and oxygen atoms in total. The molecular formula is C66H45NO. The third-order valence-electron chi connectivity index (χ3n) is 13.1. The molecule has 0 atom stereocenters. The second-order valence-electron chi connectivity index (χ2n) is 17.3. The zero-order valence-electron chi connectivity index (χ0n) is 37.3. The summed E-state index contributed by atoms with van der Waals surface area (Å²) in [4.78, 5) is 2.34. The molecule has 1 heterocycles. The Balaban J connectivity index is 0.828. The number of benzene rings is 11. The molecule has 1 aromatic heterocycles. The predicted molar refractivity (Wildman–Crippen MR) is 286 cm³/mol. The molecule has 11 aromatic carbocycles. The van der Waals surface area contributed by atoms with Gasteiger partial charge in [-0.1, -0.05) is 224 Å². The van der Waals surface area contributed by atoms with E-state index in [0.29, 0.717) is 0 Å². The van der Waals surface area contributed by atoms with E-state index in [9.17, 15) is 0 Å². The van der Waals surface area contributed by atoms with Gasteiger partial charge in [-0.05, 0) is 121 Å². The van der Waals surface area contributed by atoms with Gasteiger partial charge >= 0.3 is 0 Å². The fraction of sp³-hybridized carbons (Fsp3) is 0. The van der Waals surface area contributed by atoms with Crippen LogP contribution >= 0.6 is 0 Å². The van der Waals surface area contributed by atoms with Gasteiger partial charge in [0.15, 0.2) is 0 Å². The van der Waals surface area contributed by atoms with E-state index in [1.807, 2.05) is 12.1 Å². The van der Waals surface area contributed by atoms with Crippen molar-refractivity contribution in [1.82, 2.24) is 0 Å². The first-order chi connectivity index (χ1) is 33.7. The number of furan rings is 1. The zero-order chi connectivity index (χ0) is 45.2. The van der Waals surface area contributed by atoms with Crippen molar-refractivity contribution < 1.29 is 4.42 Å². The number of nitrogens with zero attached hydrogens (tertiary/aromatic N) is 1. The molecule has 0 N–H and O–H groups in total. The Morgan fingerprint density at radius 1 is 0.250 bits per heavy atom. The normalized spacial score (nSPS) is 11.2. The molecule has 0 fully saturated rings. The molecule has 0 aliphatic heterocycles. The summed E-state index contributed by atoms with van der Waals surface area (Å²) in [6.45, 7) is 0. The Morgan fingerprint density at radius 3 is 1.21 bits per heavy atom. The fourth-order valence-electron chi connectivity index (χ4n) is 9.64. The van der Waals surface area contributed by atoms with Crippen molar-refractivity contribution in [3.05, 3.63) is 273 Å². The molecule has 12 rings (SSSR count). The van der Waals surface area contributed by atoms with Gasteiger partial charge in [0, 0.05) is 33.6 Å². The van der Waals surface area contributed by atoms with Crippen molar-refractivity contribution in [2.24, 2.45) is 0 Å². The van der Waals surface area contributed by atoms with Crippen molar-refractivity contribution in [2.75, 3.05) is 4.90 Å².